The number of nitrogens with zero attached hydrogens (tertiary/aromatic N) is 4. The van der Waals surface area contributed by atoms with Crippen molar-refractivity contribution in [3.05, 3.63) is 35.2 Å². The van der Waals surface area contributed by atoms with E-state index in [1.165, 1.54) is 6.07 Å². The van der Waals surface area contributed by atoms with Crippen LogP contribution in [-0.2, 0) is 7.05 Å². The van der Waals surface area contributed by atoms with Crippen LogP contribution in [0.5, 0.6) is 0 Å². The molecule has 1 N–H and O–H groups in total. The Balaban J connectivity index is 2.28. The number of aryl methyl sites for hydroxylation is 1. The van der Waals surface area contributed by atoms with Crippen molar-refractivity contribution in [1.29, 1.82) is 5.26 Å². The van der Waals surface area contributed by atoms with Crippen LogP contribution in [0.1, 0.15) is 5.56 Å². The Morgan fingerprint density at radius 2 is 2.31 bits per heavy atom. The standard InChI is InChI=1S/C10H8ClN5/c1-16-6-8(5-13-16)14-10-3-7(4-12)2-9(11)15-10/h2-3,5-6H,1H3,(H,14,15). The number of pyridine rings is 1. The van der Waals surface area contributed by atoms with Crippen molar-refractivity contribution in [2.24, 2.45) is 7.05 Å². The van der Waals surface area contributed by atoms with Crippen LogP contribution in [-0.4, -0.2) is 14.8 Å². The van der Waals surface area contributed by atoms with Crippen molar-refractivity contribution in [2.45, 2.75) is 0 Å². The van der Waals surface area contributed by atoms with Gasteiger partial charge in [-0.25, -0.2) is 4.98 Å². The van der Waals surface area contributed by atoms with E-state index in [1.807, 2.05) is 13.1 Å². The molecule has 16 heavy (non-hydrogen) atoms. The quantitative estimate of drug-likeness (QED) is 0.807. The maximum Gasteiger partial charge on any atom is 0.133 e. The molecule has 2 aromatic heterocycles. The molecule has 2 aromatic rings. The molecule has 80 valence electrons. The van der Waals surface area contributed by atoms with Gasteiger partial charge in [0.15, 0.2) is 0 Å². The summed E-state index contributed by atoms with van der Waals surface area (Å²) in [6.07, 6.45) is 3.46. The Kier molecular flexibility index (Phi) is 2.75. The third-order valence-corrected chi connectivity index (χ3v) is 2.09. The Hall–Kier alpha value is -2.06. The third-order valence-electron chi connectivity index (χ3n) is 1.90. The van der Waals surface area contributed by atoms with Crippen LogP contribution in [0.4, 0.5) is 11.5 Å². The molecule has 0 aromatic carbocycles. The molecule has 2 rings (SSSR count). The SMILES string of the molecule is Cn1cc(Nc2cc(C#N)cc(Cl)n2)cn1. The van der Waals surface area contributed by atoms with Crippen LogP contribution < -0.4 is 5.32 Å². The number of anilines is 2. The predicted molar refractivity (Wildman–Crippen MR) is 60.5 cm³/mol. The van der Waals surface area contributed by atoms with E-state index in [9.17, 15) is 0 Å². The molecule has 0 aliphatic carbocycles. The maximum absolute atomic E-state index is 8.78. The summed E-state index contributed by atoms with van der Waals surface area (Å²) in [6, 6.07) is 5.15. The summed E-state index contributed by atoms with van der Waals surface area (Å²) in [5.41, 5.74) is 1.26. The van der Waals surface area contributed by atoms with E-state index in [2.05, 4.69) is 15.4 Å². The van der Waals surface area contributed by atoms with Gasteiger partial charge in [-0.15, -0.1) is 0 Å². The van der Waals surface area contributed by atoms with Crippen molar-refractivity contribution >= 4 is 23.1 Å². The molecule has 5 nitrogen and oxygen atoms in total. The second-order valence-electron chi connectivity index (χ2n) is 3.20. The van der Waals surface area contributed by atoms with E-state index in [1.54, 1.807) is 23.1 Å². The average Bonchev–Trinajstić information content (AvgIpc) is 2.63. The summed E-state index contributed by atoms with van der Waals surface area (Å²) in [7, 11) is 1.82. The highest BCUT2D eigenvalue weighted by molar-refractivity contribution is 6.29. The molecule has 0 radical (unpaired) electrons. The lowest BCUT2D eigenvalue weighted by molar-refractivity contribution is 0.768. The molecular weight excluding hydrogens is 226 g/mol. The molecule has 0 aliphatic rings. The molecule has 2 heterocycles. The van der Waals surface area contributed by atoms with Gasteiger partial charge >= 0.3 is 0 Å². The van der Waals surface area contributed by atoms with E-state index in [0.29, 0.717) is 11.4 Å². The highest BCUT2D eigenvalue weighted by Gasteiger charge is 2.02. The highest BCUT2D eigenvalue weighted by atomic mass is 35.5. The summed E-state index contributed by atoms with van der Waals surface area (Å²) in [5, 5.41) is 16.1. The molecule has 6 heteroatoms. The summed E-state index contributed by atoms with van der Waals surface area (Å²) in [6.45, 7) is 0. The molecule has 0 spiro atoms. The first-order chi connectivity index (χ1) is 7.67. The Bertz CT molecular complexity index is 555. The first kappa shape index (κ1) is 10.5. The molecule has 0 amide bonds. The van der Waals surface area contributed by atoms with Crippen LogP contribution in [0, 0.1) is 11.3 Å². The summed E-state index contributed by atoms with van der Waals surface area (Å²) in [4.78, 5) is 4.05. The van der Waals surface area contributed by atoms with Crippen LogP contribution in [0.2, 0.25) is 5.15 Å². The molecule has 0 fully saturated rings. The van der Waals surface area contributed by atoms with Crippen LogP contribution in [0.25, 0.3) is 0 Å². The molecule has 0 aliphatic heterocycles. The van der Waals surface area contributed by atoms with Crippen molar-refractivity contribution in [2.75, 3.05) is 5.32 Å². The molecular formula is C10H8ClN5. The second kappa shape index (κ2) is 4.21. The van der Waals surface area contributed by atoms with E-state index in [-0.39, 0.29) is 5.15 Å². The largest absolute Gasteiger partial charge is 0.338 e. The lowest BCUT2D eigenvalue weighted by Crippen LogP contribution is -1.93. The highest BCUT2D eigenvalue weighted by Crippen LogP contribution is 2.17. The lowest BCUT2D eigenvalue weighted by atomic mass is 10.3. The number of rotatable bonds is 2. The van der Waals surface area contributed by atoms with Crippen LogP contribution in [0.15, 0.2) is 24.5 Å². The van der Waals surface area contributed by atoms with Gasteiger partial charge in [0.25, 0.3) is 0 Å². The van der Waals surface area contributed by atoms with Crippen LogP contribution >= 0.6 is 11.6 Å². The Morgan fingerprint density at radius 1 is 1.50 bits per heavy atom. The van der Waals surface area contributed by atoms with Crippen molar-refractivity contribution in [1.82, 2.24) is 14.8 Å². The molecule has 0 bridgehead atoms. The third kappa shape index (κ3) is 2.30. The molecule has 0 atom stereocenters. The fourth-order valence-corrected chi connectivity index (χ4v) is 1.47. The normalized spacial score (nSPS) is 9.81. The minimum absolute atomic E-state index is 0.283. The number of hydrogen-bond acceptors (Lipinski definition) is 4. The van der Waals surface area contributed by atoms with E-state index in [4.69, 9.17) is 16.9 Å². The van der Waals surface area contributed by atoms with Gasteiger partial charge in [0.05, 0.1) is 23.5 Å². The molecule has 0 unspecified atom stereocenters. The van der Waals surface area contributed by atoms with Crippen LogP contribution in [0.3, 0.4) is 0 Å². The van der Waals surface area contributed by atoms with Crippen molar-refractivity contribution in [3.8, 4) is 6.07 Å². The van der Waals surface area contributed by atoms with Gasteiger partial charge in [0.2, 0.25) is 0 Å². The smallest absolute Gasteiger partial charge is 0.133 e. The van der Waals surface area contributed by atoms with Gasteiger partial charge in [-0.2, -0.15) is 10.4 Å². The zero-order chi connectivity index (χ0) is 11.5. The zero-order valence-electron chi connectivity index (χ0n) is 8.48. The topological polar surface area (TPSA) is 66.5 Å². The zero-order valence-corrected chi connectivity index (χ0v) is 9.23. The van der Waals surface area contributed by atoms with Gasteiger partial charge in [-0.05, 0) is 12.1 Å². The molecule has 0 saturated heterocycles. The first-order valence-electron chi connectivity index (χ1n) is 4.51. The maximum atomic E-state index is 8.78. The number of hydrogen-bond donors (Lipinski definition) is 1. The van der Waals surface area contributed by atoms with Gasteiger partial charge in [0, 0.05) is 13.2 Å². The minimum Gasteiger partial charge on any atom is -0.338 e. The Labute approximate surface area is 97.3 Å². The van der Waals surface area contributed by atoms with Crippen molar-refractivity contribution in [3.63, 3.8) is 0 Å². The second-order valence-corrected chi connectivity index (χ2v) is 3.59. The van der Waals surface area contributed by atoms with E-state index < -0.39 is 0 Å². The van der Waals surface area contributed by atoms with Gasteiger partial charge in [0.1, 0.15) is 11.0 Å². The number of nitriles is 1. The number of aromatic nitrogens is 3. The monoisotopic (exact) mass is 233 g/mol. The number of nitrogens with one attached hydrogen (secondary N) is 1. The van der Waals surface area contributed by atoms with E-state index >= 15 is 0 Å². The fraction of sp³-hybridized carbons (Fsp3) is 0.100. The summed E-state index contributed by atoms with van der Waals surface area (Å²) in [5.74, 6) is 0.525. The summed E-state index contributed by atoms with van der Waals surface area (Å²) >= 11 is 5.78. The summed E-state index contributed by atoms with van der Waals surface area (Å²) < 4.78 is 1.66. The first-order valence-corrected chi connectivity index (χ1v) is 4.88. The molecule has 0 saturated carbocycles. The Morgan fingerprint density at radius 3 is 2.94 bits per heavy atom. The van der Waals surface area contributed by atoms with Gasteiger partial charge in [-0.1, -0.05) is 11.6 Å². The average molecular weight is 234 g/mol. The number of halogens is 1. The van der Waals surface area contributed by atoms with Gasteiger partial charge < -0.3 is 5.32 Å². The minimum atomic E-state index is 0.283. The lowest BCUT2D eigenvalue weighted by Gasteiger charge is -2.02. The van der Waals surface area contributed by atoms with E-state index in [0.717, 1.165) is 5.69 Å². The van der Waals surface area contributed by atoms with Crippen molar-refractivity contribution < 1.29 is 0 Å². The van der Waals surface area contributed by atoms with Gasteiger partial charge in [-0.3, -0.25) is 4.68 Å². The predicted octanol–water partition coefficient (Wildman–Crippen LogP) is 2.08. The fourth-order valence-electron chi connectivity index (χ4n) is 1.26.